The summed E-state index contributed by atoms with van der Waals surface area (Å²) in [6.45, 7) is 7.47. The van der Waals surface area contributed by atoms with E-state index >= 15 is 0 Å². The van der Waals surface area contributed by atoms with Crippen LogP contribution in [-0.2, 0) is 6.42 Å². The van der Waals surface area contributed by atoms with Crippen molar-refractivity contribution in [2.24, 2.45) is 5.92 Å². The second kappa shape index (κ2) is 8.26. The van der Waals surface area contributed by atoms with Crippen LogP contribution in [0.2, 0.25) is 0 Å². The second-order valence-electron chi connectivity index (χ2n) is 5.53. The molecule has 3 heteroatoms. The van der Waals surface area contributed by atoms with E-state index in [1.807, 2.05) is 0 Å². The van der Waals surface area contributed by atoms with Gasteiger partial charge in [-0.15, -0.1) is 0 Å². The van der Waals surface area contributed by atoms with E-state index in [2.05, 4.69) is 26.1 Å². The summed E-state index contributed by atoms with van der Waals surface area (Å²) in [6, 6.07) is 4.79. The van der Waals surface area contributed by atoms with E-state index in [-0.39, 0.29) is 0 Å². The van der Waals surface area contributed by atoms with E-state index in [1.54, 1.807) is 12.1 Å². The number of nitrogens with one attached hydrogen (secondary N) is 1. The first kappa shape index (κ1) is 16.1. The number of hydrogen-bond acceptors (Lipinski definition) is 1. The predicted molar refractivity (Wildman–Crippen MR) is 76.2 cm³/mol. The van der Waals surface area contributed by atoms with Gasteiger partial charge in [0.2, 0.25) is 0 Å². The molecule has 0 heterocycles. The topological polar surface area (TPSA) is 12.0 Å². The summed E-state index contributed by atoms with van der Waals surface area (Å²) in [4.78, 5) is 0. The Bertz CT molecular complexity index is 377. The van der Waals surface area contributed by atoms with Gasteiger partial charge in [0.05, 0.1) is 0 Å². The molecule has 0 saturated heterocycles. The normalized spacial score (nSPS) is 12.9. The van der Waals surface area contributed by atoms with Crippen molar-refractivity contribution >= 4 is 0 Å². The van der Waals surface area contributed by atoms with Crippen molar-refractivity contribution in [2.45, 2.75) is 52.5 Å². The highest BCUT2D eigenvalue weighted by molar-refractivity contribution is 5.19. The lowest BCUT2D eigenvalue weighted by atomic mass is 9.97. The fraction of sp³-hybridized carbons (Fsp3) is 0.625. The van der Waals surface area contributed by atoms with Crippen LogP contribution < -0.4 is 5.32 Å². The van der Waals surface area contributed by atoms with Crippen molar-refractivity contribution in [2.75, 3.05) is 6.54 Å². The van der Waals surface area contributed by atoms with Gasteiger partial charge in [0.25, 0.3) is 0 Å². The Morgan fingerprint density at radius 3 is 2.58 bits per heavy atom. The molecule has 0 aliphatic carbocycles. The van der Waals surface area contributed by atoms with E-state index in [0.29, 0.717) is 23.9 Å². The van der Waals surface area contributed by atoms with Crippen LogP contribution in [-0.4, -0.2) is 12.6 Å². The number of hydrogen-bond donors (Lipinski definition) is 1. The van der Waals surface area contributed by atoms with Crippen LogP contribution in [0.4, 0.5) is 8.78 Å². The molecule has 0 aromatic heterocycles. The van der Waals surface area contributed by atoms with E-state index in [1.165, 1.54) is 6.07 Å². The molecule has 19 heavy (non-hydrogen) atoms. The number of halogens is 2. The Hall–Kier alpha value is -0.960. The van der Waals surface area contributed by atoms with Crippen LogP contribution in [0.25, 0.3) is 0 Å². The molecule has 0 bridgehead atoms. The molecule has 0 radical (unpaired) electrons. The maximum atomic E-state index is 13.6. The van der Waals surface area contributed by atoms with Crippen LogP contribution in [0.3, 0.4) is 0 Å². The zero-order valence-corrected chi connectivity index (χ0v) is 12.2. The van der Waals surface area contributed by atoms with Gasteiger partial charge in [-0.1, -0.05) is 32.9 Å². The summed E-state index contributed by atoms with van der Waals surface area (Å²) in [5, 5.41) is 3.49. The molecule has 1 unspecified atom stereocenters. The highest BCUT2D eigenvalue weighted by Gasteiger charge is 2.13. The molecule has 1 aromatic carbocycles. The van der Waals surface area contributed by atoms with Crippen molar-refractivity contribution in [1.29, 1.82) is 0 Å². The van der Waals surface area contributed by atoms with E-state index in [9.17, 15) is 8.78 Å². The van der Waals surface area contributed by atoms with Crippen LogP contribution >= 0.6 is 0 Å². The number of rotatable bonds is 8. The fourth-order valence-electron chi connectivity index (χ4n) is 2.29. The lowest BCUT2D eigenvalue weighted by Gasteiger charge is -2.20. The highest BCUT2D eigenvalue weighted by atomic mass is 19.2. The van der Waals surface area contributed by atoms with Crippen molar-refractivity contribution in [1.82, 2.24) is 5.32 Å². The van der Waals surface area contributed by atoms with Crippen molar-refractivity contribution < 1.29 is 8.78 Å². The lowest BCUT2D eigenvalue weighted by molar-refractivity contribution is 0.395. The third-order valence-electron chi connectivity index (χ3n) is 3.23. The van der Waals surface area contributed by atoms with Gasteiger partial charge in [-0.25, -0.2) is 8.78 Å². The summed E-state index contributed by atoms with van der Waals surface area (Å²) < 4.78 is 26.7. The van der Waals surface area contributed by atoms with Crippen LogP contribution in [0, 0.1) is 17.6 Å². The first-order valence-corrected chi connectivity index (χ1v) is 7.20. The van der Waals surface area contributed by atoms with Gasteiger partial charge in [-0.3, -0.25) is 0 Å². The number of aryl methyl sites for hydroxylation is 1. The zero-order chi connectivity index (χ0) is 14.3. The second-order valence-corrected chi connectivity index (χ2v) is 5.53. The van der Waals surface area contributed by atoms with Crippen LogP contribution in [0.15, 0.2) is 18.2 Å². The fourth-order valence-corrected chi connectivity index (χ4v) is 2.29. The Labute approximate surface area is 115 Å². The molecule has 108 valence electrons. The molecule has 0 aliphatic heterocycles. The third kappa shape index (κ3) is 5.68. The maximum Gasteiger partial charge on any atom is 0.162 e. The zero-order valence-electron chi connectivity index (χ0n) is 12.2. The highest BCUT2D eigenvalue weighted by Crippen LogP contribution is 2.16. The molecule has 0 saturated carbocycles. The molecule has 1 atom stereocenters. The maximum absolute atomic E-state index is 13.6. The lowest BCUT2D eigenvalue weighted by Crippen LogP contribution is -2.31. The van der Waals surface area contributed by atoms with Gasteiger partial charge < -0.3 is 5.32 Å². The molecule has 0 fully saturated rings. The average molecular weight is 269 g/mol. The predicted octanol–water partition coefficient (Wildman–Crippen LogP) is 4.31. The van der Waals surface area contributed by atoms with Crippen molar-refractivity contribution in [3.05, 3.63) is 35.4 Å². The molecule has 0 spiro atoms. The molecular formula is C16H25F2N. The van der Waals surface area contributed by atoms with E-state index in [0.717, 1.165) is 25.8 Å². The van der Waals surface area contributed by atoms with Gasteiger partial charge in [-0.2, -0.15) is 0 Å². The summed E-state index contributed by atoms with van der Waals surface area (Å²) in [6.07, 6.45) is 3.58. The average Bonchev–Trinajstić information content (AvgIpc) is 2.36. The molecule has 1 aromatic rings. The summed E-state index contributed by atoms with van der Waals surface area (Å²) in [5.74, 6) is -0.840. The minimum absolute atomic E-state index is 0.377. The quantitative estimate of drug-likeness (QED) is 0.741. The largest absolute Gasteiger partial charge is 0.314 e. The summed E-state index contributed by atoms with van der Waals surface area (Å²) in [7, 11) is 0. The molecule has 1 N–H and O–H groups in total. The summed E-state index contributed by atoms with van der Waals surface area (Å²) >= 11 is 0. The monoisotopic (exact) mass is 269 g/mol. The van der Waals surface area contributed by atoms with Gasteiger partial charge in [-0.05, 0) is 49.8 Å². The summed E-state index contributed by atoms with van der Waals surface area (Å²) in [5.41, 5.74) is 0.479. The van der Waals surface area contributed by atoms with Gasteiger partial charge >= 0.3 is 0 Å². The van der Waals surface area contributed by atoms with Gasteiger partial charge in [0.15, 0.2) is 11.6 Å². The Balaban J connectivity index is 2.56. The minimum atomic E-state index is -0.751. The Kier molecular flexibility index (Phi) is 7.00. The van der Waals surface area contributed by atoms with Gasteiger partial charge in [0.1, 0.15) is 0 Å². The number of benzene rings is 1. The first-order chi connectivity index (χ1) is 9.04. The van der Waals surface area contributed by atoms with E-state index in [4.69, 9.17) is 0 Å². The Morgan fingerprint density at radius 2 is 1.95 bits per heavy atom. The Morgan fingerprint density at radius 1 is 1.21 bits per heavy atom. The van der Waals surface area contributed by atoms with Crippen LogP contribution in [0.5, 0.6) is 0 Å². The van der Waals surface area contributed by atoms with E-state index < -0.39 is 11.6 Å². The molecule has 0 amide bonds. The third-order valence-corrected chi connectivity index (χ3v) is 3.23. The molecule has 1 rings (SSSR count). The molecular weight excluding hydrogens is 244 g/mol. The van der Waals surface area contributed by atoms with Gasteiger partial charge in [0, 0.05) is 6.04 Å². The van der Waals surface area contributed by atoms with Crippen molar-refractivity contribution in [3.63, 3.8) is 0 Å². The smallest absolute Gasteiger partial charge is 0.162 e. The van der Waals surface area contributed by atoms with Crippen LogP contribution in [0.1, 0.15) is 45.6 Å². The first-order valence-electron chi connectivity index (χ1n) is 7.20. The SMILES string of the molecule is CCCNC(CCc1cccc(F)c1F)CC(C)C. The standard InChI is InChI=1S/C16H25F2N/c1-4-10-19-14(11-12(2)3)9-8-13-6-5-7-15(17)16(13)18/h5-7,12,14,19H,4,8-11H2,1-3H3. The molecule has 0 aliphatic rings. The molecule has 1 nitrogen and oxygen atoms in total. The minimum Gasteiger partial charge on any atom is -0.314 e. The van der Waals surface area contributed by atoms with Crippen molar-refractivity contribution in [3.8, 4) is 0 Å².